The summed E-state index contributed by atoms with van der Waals surface area (Å²) in [6.45, 7) is 0.902. The second-order valence-corrected chi connectivity index (χ2v) is 11.8. The number of nitrogens with one attached hydrogen (secondary N) is 2. The van der Waals surface area contributed by atoms with E-state index in [0.717, 1.165) is 46.3 Å². The number of para-hydroxylation sites is 1. The third-order valence-electron chi connectivity index (χ3n) is 8.51. The summed E-state index contributed by atoms with van der Waals surface area (Å²) in [7, 11) is 1.90. The number of hydrogen-bond donors (Lipinski definition) is 2. The van der Waals surface area contributed by atoms with Crippen LogP contribution >= 0.6 is 0 Å². The number of nitrogens with zero attached hydrogens (tertiary/aromatic N) is 3. The molecule has 2 aromatic carbocycles. The third-order valence-corrected chi connectivity index (χ3v) is 8.51. The fourth-order valence-electron chi connectivity index (χ4n) is 6.21. The minimum Gasteiger partial charge on any atom is -0.459 e. The van der Waals surface area contributed by atoms with Crippen LogP contribution in [0, 0.1) is 0 Å². The third kappa shape index (κ3) is 6.45. The lowest BCUT2D eigenvalue weighted by atomic mass is 9.98. The van der Waals surface area contributed by atoms with Crippen molar-refractivity contribution in [2.45, 2.75) is 50.6 Å². The predicted molar refractivity (Wildman–Crippen MR) is 169 cm³/mol. The topological polar surface area (TPSA) is 142 Å². The van der Waals surface area contributed by atoms with Crippen molar-refractivity contribution >= 4 is 40.5 Å². The molecule has 1 fully saturated rings. The number of fused-ring (bicyclic) bond motifs is 2. The van der Waals surface area contributed by atoms with E-state index >= 15 is 0 Å². The van der Waals surface area contributed by atoms with Crippen LogP contribution in [-0.2, 0) is 20.8 Å². The molecular formula is C35H35N5O6. The molecule has 11 heteroatoms. The van der Waals surface area contributed by atoms with E-state index in [1.807, 2.05) is 60.5 Å². The van der Waals surface area contributed by atoms with Gasteiger partial charge in [-0.15, -0.1) is 0 Å². The fourth-order valence-corrected chi connectivity index (χ4v) is 6.21. The van der Waals surface area contributed by atoms with Gasteiger partial charge in [-0.25, -0.2) is 0 Å². The lowest BCUT2D eigenvalue weighted by Gasteiger charge is -2.27. The molecule has 5 amide bonds. The van der Waals surface area contributed by atoms with Crippen molar-refractivity contribution in [1.29, 1.82) is 0 Å². The van der Waals surface area contributed by atoms with Gasteiger partial charge in [0.2, 0.25) is 17.7 Å². The highest BCUT2D eigenvalue weighted by molar-refractivity contribution is 6.24. The molecule has 0 saturated carbocycles. The van der Waals surface area contributed by atoms with Gasteiger partial charge in [-0.1, -0.05) is 42.8 Å². The molecule has 4 aromatic rings. The number of piperidine rings is 1. The SMILES string of the molecule is CN(CCCCCc1cccc2c1C(=O)N(C1CCC(=O)NC1=O)C2=O)CC(=O)NC(c1cccnc1)c1cc2ccccc2o1. The smallest absolute Gasteiger partial charge is 0.262 e. The Kier molecular flexibility index (Phi) is 9.02. The Morgan fingerprint density at radius 2 is 1.89 bits per heavy atom. The van der Waals surface area contributed by atoms with Crippen molar-refractivity contribution in [1.82, 2.24) is 25.4 Å². The Bertz CT molecular complexity index is 1770. The summed E-state index contributed by atoms with van der Waals surface area (Å²) in [6.07, 6.45) is 6.69. The van der Waals surface area contributed by atoms with E-state index in [4.69, 9.17) is 4.42 Å². The average Bonchev–Trinajstić information content (AvgIpc) is 3.59. The Balaban J connectivity index is 1.00. The molecule has 0 spiro atoms. The summed E-state index contributed by atoms with van der Waals surface area (Å²) < 4.78 is 6.08. The van der Waals surface area contributed by atoms with Crippen LogP contribution in [0.15, 0.2) is 77.5 Å². The summed E-state index contributed by atoms with van der Waals surface area (Å²) in [4.78, 5) is 70.7. The van der Waals surface area contributed by atoms with Crippen LogP contribution in [0.2, 0.25) is 0 Å². The number of pyridine rings is 1. The van der Waals surface area contributed by atoms with Crippen LogP contribution in [-0.4, -0.2) is 70.5 Å². The van der Waals surface area contributed by atoms with Crippen LogP contribution in [0.3, 0.4) is 0 Å². The van der Waals surface area contributed by atoms with Crippen molar-refractivity contribution in [2.24, 2.45) is 0 Å². The van der Waals surface area contributed by atoms with Crippen molar-refractivity contribution in [3.8, 4) is 0 Å². The lowest BCUT2D eigenvalue weighted by molar-refractivity contribution is -0.136. The van der Waals surface area contributed by atoms with Crippen molar-refractivity contribution in [2.75, 3.05) is 20.1 Å². The highest BCUT2D eigenvalue weighted by Gasteiger charge is 2.45. The van der Waals surface area contributed by atoms with Gasteiger partial charge < -0.3 is 9.73 Å². The minimum absolute atomic E-state index is 0.0825. The van der Waals surface area contributed by atoms with E-state index in [1.54, 1.807) is 24.5 Å². The Labute approximate surface area is 265 Å². The second kappa shape index (κ2) is 13.5. The quantitative estimate of drug-likeness (QED) is 0.180. The molecule has 2 unspecified atom stereocenters. The summed E-state index contributed by atoms with van der Waals surface area (Å²) in [5.41, 5.74) is 2.99. The maximum absolute atomic E-state index is 13.3. The van der Waals surface area contributed by atoms with E-state index in [-0.39, 0.29) is 25.3 Å². The number of carbonyl (C=O) groups excluding carboxylic acids is 5. The standard InChI is InChI=1S/C35H35N5O6/c1-39(21-30(42)37-32(24-12-8-17-36-20-24)28-19-23-10-4-5-14-27(23)46-28)18-6-2-3-9-22-11-7-13-25-31(22)35(45)40(34(25)44)26-15-16-29(41)38-33(26)43/h4-5,7-8,10-14,17,19-20,26,32H,2-3,6,9,15-16,18,21H2,1H3,(H,37,42)(H,38,41,43). The van der Waals surface area contributed by atoms with E-state index in [9.17, 15) is 24.0 Å². The van der Waals surface area contributed by atoms with E-state index in [0.29, 0.717) is 29.9 Å². The molecule has 1 saturated heterocycles. The van der Waals surface area contributed by atoms with Crippen LogP contribution in [0.4, 0.5) is 0 Å². The Morgan fingerprint density at radius 3 is 2.67 bits per heavy atom. The van der Waals surface area contributed by atoms with Crippen LogP contribution < -0.4 is 10.6 Å². The molecule has 6 rings (SSSR count). The van der Waals surface area contributed by atoms with Gasteiger partial charge in [-0.05, 0) is 69.1 Å². The van der Waals surface area contributed by atoms with Gasteiger partial charge in [0.25, 0.3) is 11.8 Å². The number of unbranched alkanes of at least 4 members (excludes halogenated alkanes) is 2. The number of aryl methyl sites for hydroxylation is 1. The van der Waals surface area contributed by atoms with Crippen LogP contribution in [0.5, 0.6) is 0 Å². The summed E-state index contributed by atoms with van der Waals surface area (Å²) in [6, 6.07) is 17.1. The van der Waals surface area contributed by atoms with Gasteiger partial charge in [0.1, 0.15) is 23.4 Å². The average molecular weight is 622 g/mol. The number of carbonyl (C=O) groups is 5. The molecule has 0 aliphatic carbocycles. The largest absolute Gasteiger partial charge is 0.459 e. The van der Waals surface area contributed by atoms with Gasteiger partial charge in [0.05, 0.1) is 17.7 Å². The van der Waals surface area contributed by atoms with Crippen LogP contribution in [0.25, 0.3) is 11.0 Å². The molecule has 0 radical (unpaired) electrons. The maximum Gasteiger partial charge on any atom is 0.262 e. The minimum atomic E-state index is -0.982. The van der Waals surface area contributed by atoms with Crippen molar-refractivity contribution < 1.29 is 28.4 Å². The maximum atomic E-state index is 13.3. The van der Waals surface area contributed by atoms with Gasteiger partial charge in [-0.3, -0.25) is 44.1 Å². The summed E-state index contributed by atoms with van der Waals surface area (Å²) in [5, 5.41) is 6.29. The molecule has 2 N–H and O–H groups in total. The zero-order valence-electron chi connectivity index (χ0n) is 25.5. The number of rotatable bonds is 12. The number of likely N-dealkylation sites (N-methyl/N-ethyl adjacent to an activating group) is 1. The number of furan rings is 1. The van der Waals surface area contributed by atoms with E-state index in [2.05, 4.69) is 15.6 Å². The molecule has 46 heavy (non-hydrogen) atoms. The number of hydrogen-bond acceptors (Lipinski definition) is 8. The van der Waals surface area contributed by atoms with Gasteiger partial charge in [0.15, 0.2) is 0 Å². The van der Waals surface area contributed by atoms with E-state index in [1.165, 1.54) is 0 Å². The molecule has 2 aliphatic heterocycles. The molecule has 2 atom stereocenters. The van der Waals surface area contributed by atoms with Crippen LogP contribution in [0.1, 0.15) is 75.7 Å². The first-order valence-electron chi connectivity index (χ1n) is 15.5. The number of aromatic nitrogens is 1. The van der Waals surface area contributed by atoms with Gasteiger partial charge in [-0.2, -0.15) is 0 Å². The number of amides is 5. The number of imide groups is 2. The lowest BCUT2D eigenvalue weighted by Crippen LogP contribution is -2.54. The first-order valence-corrected chi connectivity index (χ1v) is 15.5. The highest BCUT2D eigenvalue weighted by Crippen LogP contribution is 2.31. The van der Waals surface area contributed by atoms with Crippen molar-refractivity contribution in [3.63, 3.8) is 0 Å². The monoisotopic (exact) mass is 621 g/mol. The first-order chi connectivity index (χ1) is 22.3. The normalized spacial score (nSPS) is 17.0. The Morgan fingerprint density at radius 1 is 1.04 bits per heavy atom. The molecule has 0 bridgehead atoms. The zero-order valence-corrected chi connectivity index (χ0v) is 25.5. The summed E-state index contributed by atoms with van der Waals surface area (Å²) >= 11 is 0. The first kappa shape index (κ1) is 30.8. The predicted octanol–water partition coefficient (Wildman–Crippen LogP) is 3.78. The van der Waals surface area contributed by atoms with Gasteiger partial charge >= 0.3 is 0 Å². The van der Waals surface area contributed by atoms with E-state index < -0.39 is 35.7 Å². The fraction of sp³-hybridized carbons (Fsp3) is 0.314. The highest BCUT2D eigenvalue weighted by atomic mass is 16.3. The molecule has 4 heterocycles. The second-order valence-electron chi connectivity index (χ2n) is 11.8. The summed E-state index contributed by atoms with van der Waals surface area (Å²) in [5.74, 6) is -1.50. The Hall–Kier alpha value is -5.16. The number of benzene rings is 2. The molecular weight excluding hydrogens is 586 g/mol. The van der Waals surface area contributed by atoms with Gasteiger partial charge in [0, 0.05) is 29.8 Å². The molecule has 2 aliphatic rings. The molecule has 236 valence electrons. The zero-order chi connectivity index (χ0) is 32.2. The van der Waals surface area contributed by atoms with Crippen molar-refractivity contribution in [3.05, 3.63) is 101 Å². The molecule has 11 nitrogen and oxygen atoms in total. The molecule has 2 aromatic heterocycles.